The molecule has 0 amide bonds. The Kier molecular flexibility index (Phi) is 4.93. The molecule has 2 bridgehead atoms. The number of rotatable bonds is 5. The summed E-state index contributed by atoms with van der Waals surface area (Å²) in [6, 6.07) is 6.78. The maximum Gasteiger partial charge on any atom is 0.192 e. The van der Waals surface area contributed by atoms with Gasteiger partial charge in [0.05, 0.1) is 18.7 Å². The van der Waals surface area contributed by atoms with Crippen LogP contribution in [-0.2, 0) is 9.84 Å². The number of methoxy groups -OCH3 is 1. The summed E-state index contributed by atoms with van der Waals surface area (Å²) in [5, 5.41) is 12.1. The molecule has 0 spiro atoms. The molecule has 3 saturated heterocycles. The lowest BCUT2D eigenvalue weighted by Crippen LogP contribution is -2.54. The number of aromatic nitrogens is 1. The van der Waals surface area contributed by atoms with Gasteiger partial charge in [-0.05, 0) is 61.1 Å². The molecule has 28 heavy (non-hydrogen) atoms. The molecule has 5 atom stereocenters. The number of sulfone groups is 1. The van der Waals surface area contributed by atoms with Crippen molar-refractivity contribution in [1.82, 2.24) is 9.88 Å². The number of hydrogen-bond donors (Lipinski definition) is 1. The van der Waals surface area contributed by atoms with Crippen LogP contribution >= 0.6 is 0 Å². The van der Waals surface area contributed by atoms with Crippen molar-refractivity contribution >= 4 is 20.7 Å². The van der Waals surface area contributed by atoms with Gasteiger partial charge in [-0.25, -0.2) is 13.4 Å². The highest BCUT2D eigenvalue weighted by molar-refractivity contribution is 7.90. The second-order valence-electron chi connectivity index (χ2n) is 7.90. The summed E-state index contributed by atoms with van der Waals surface area (Å²) in [5.41, 5.74) is 1.13. The molecule has 0 saturated carbocycles. The standard InChI is InChI=1S/C21H26N2O4S/c1-4-13-12-23-8-7-14(13)9-19(23)21(24)17-11-20(28(3,25)26)22-18-6-5-15(27-2)10-16(17)18/h4-6,10-11,13-14,19,21,24H,1,7-9,12H2,2-3H3/t13-,14?,19+,21+/m0/s1. The number of hydrogen-bond acceptors (Lipinski definition) is 6. The molecule has 1 aromatic heterocycles. The third-order valence-electron chi connectivity index (χ3n) is 6.24. The average molecular weight is 403 g/mol. The lowest BCUT2D eigenvalue weighted by Gasteiger charge is -2.50. The highest BCUT2D eigenvalue weighted by Crippen LogP contribution is 2.42. The summed E-state index contributed by atoms with van der Waals surface area (Å²) >= 11 is 0. The van der Waals surface area contributed by atoms with E-state index >= 15 is 0 Å². The van der Waals surface area contributed by atoms with Crippen LogP contribution in [0.15, 0.2) is 41.9 Å². The van der Waals surface area contributed by atoms with E-state index < -0.39 is 15.9 Å². The highest BCUT2D eigenvalue weighted by atomic mass is 32.2. The molecule has 3 aliphatic rings. The number of pyridine rings is 1. The highest BCUT2D eigenvalue weighted by Gasteiger charge is 2.42. The Morgan fingerprint density at radius 2 is 2.18 bits per heavy atom. The van der Waals surface area contributed by atoms with Crippen molar-refractivity contribution in [2.45, 2.75) is 30.0 Å². The first-order valence-electron chi connectivity index (χ1n) is 9.55. The van der Waals surface area contributed by atoms with Gasteiger partial charge in [0.2, 0.25) is 0 Å². The second kappa shape index (κ2) is 7.13. The van der Waals surface area contributed by atoms with E-state index in [1.807, 2.05) is 12.1 Å². The first-order valence-corrected chi connectivity index (χ1v) is 11.4. The Morgan fingerprint density at radius 3 is 2.79 bits per heavy atom. The van der Waals surface area contributed by atoms with Gasteiger partial charge in [-0.15, -0.1) is 6.58 Å². The molecule has 0 radical (unpaired) electrons. The van der Waals surface area contributed by atoms with Crippen LogP contribution in [0.3, 0.4) is 0 Å². The lowest BCUT2D eigenvalue weighted by molar-refractivity contribution is -0.0445. The summed E-state index contributed by atoms with van der Waals surface area (Å²) < 4.78 is 29.7. The molecule has 7 heteroatoms. The van der Waals surface area contributed by atoms with Crippen molar-refractivity contribution in [3.05, 3.63) is 42.5 Å². The maximum absolute atomic E-state index is 12.2. The van der Waals surface area contributed by atoms with E-state index in [4.69, 9.17) is 4.74 Å². The average Bonchev–Trinajstić information content (AvgIpc) is 2.71. The zero-order valence-corrected chi connectivity index (χ0v) is 17.0. The van der Waals surface area contributed by atoms with Gasteiger partial charge >= 0.3 is 0 Å². The number of aliphatic hydroxyl groups is 1. The minimum Gasteiger partial charge on any atom is -0.497 e. The van der Waals surface area contributed by atoms with Gasteiger partial charge < -0.3 is 9.84 Å². The summed E-state index contributed by atoms with van der Waals surface area (Å²) in [5.74, 6) is 1.62. The third-order valence-corrected chi connectivity index (χ3v) is 7.21. The van der Waals surface area contributed by atoms with E-state index in [0.717, 1.165) is 37.6 Å². The van der Waals surface area contributed by atoms with E-state index in [9.17, 15) is 13.5 Å². The summed E-state index contributed by atoms with van der Waals surface area (Å²) in [4.78, 5) is 6.61. The van der Waals surface area contributed by atoms with Crippen molar-refractivity contribution in [3.8, 4) is 5.75 Å². The number of benzene rings is 1. The fourth-order valence-corrected chi connectivity index (χ4v) is 5.29. The number of nitrogens with zero attached hydrogens (tertiary/aromatic N) is 2. The molecule has 5 rings (SSSR count). The van der Waals surface area contributed by atoms with Crippen molar-refractivity contribution in [2.24, 2.45) is 11.8 Å². The van der Waals surface area contributed by atoms with Crippen LogP contribution in [0.25, 0.3) is 10.9 Å². The number of ether oxygens (including phenoxy) is 1. The van der Waals surface area contributed by atoms with Gasteiger partial charge in [0, 0.05) is 24.2 Å². The van der Waals surface area contributed by atoms with E-state index in [1.165, 1.54) is 6.07 Å². The number of aliphatic hydroxyl groups excluding tert-OH is 1. The summed E-state index contributed by atoms with van der Waals surface area (Å²) in [7, 11) is -1.92. The number of fused-ring (bicyclic) bond motifs is 4. The Hall–Kier alpha value is -1.96. The SMILES string of the molecule is C=C[C@H]1CN2CCC1C[C@@H]2[C@H](O)c1cc(S(C)(=O)=O)nc2ccc(OC)cc12. The van der Waals surface area contributed by atoms with Crippen LogP contribution < -0.4 is 4.74 Å². The molecular formula is C21H26N2O4S. The van der Waals surface area contributed by atoms with Crippen LogP contribution in [0, 0.1) is 11.8 Å². The van der Waals surface area contributed by atoms with Crippen LogP contribution in [0.5, 0.6) is 5.75 Å². The zero-order valence-electron chi connectivity index (χ0n) is 16.2. The minimum atomic E-state index is -3.50. The van der Waals surface area contributed by atoms with Gasteiger partial charge in [0.1, 0.15) is 5.75 Å². The molecule has 4 heterocycles. The van der Waals surface area contributed by atoms with Crippen LogP contribution in [-0.4, -0.2) is 55.9 Å². The Morgan fingerprint density at radius 1 is 1.39 bits per heavy atom. The fraction of sp³-hybridized carbons (Fsp3) is 0.476. The van der Waals surface area contributed by atoms with Gasteiger partial charge in [-0.1, -0.05) is 6.08 Å². The van der Waals surface area contributed by atoms with Crippen molar-refractivity contribution in [1.29, 1.82) is 0 Å². The van der Waals surface area contributed by atoms with E-state index in [1.54, 1.807) is 19.2 Å². The van der Waals surface area contributed by atoms with E-state index in [0.29, 0.717) is 28.7 Å². The Balaban J connectivity index is 1.81. The Bertz CT molecular complexity index is 1020. The predicted octanol–water partition coefficient (Wildman–Crippen LogP) is 2.58. The van der Waals surface area contributed by atoms with Crippen molar-refractivity contribution in [3.63, 3.8) is 0 Å². The summed E-state index contributed by atoms with van der Waals surface area (Å²) in [6.45, 7) is 5.79. The summed E-state index contributed by atoms with van der Waals surface area (Å²) in [6.07, 6.45) is 4.35. The smallest absolute Gasteiger partial charge is 0.192 e. The monoisotopic (exact) mass is 402 g/mol. The molecule has 150 valence electrons. The van der Waals surface area contributed by atoms with Crippen LogP contribution in [0.4, 0.5) is 0 Å². The van der Waals surface area contributed by atoms with Crippen LogP contribution in [0.2, 0.25) is 0 Å². The fourth-order valence-electron chi connectivity index (χ4n) is 4.68. The van der Waals surface area contributed by atoms with Crippen molar-refractivity contribution in [2.75, 3.05) is 26.5 Å². The molecular weight excluding hydrogens is 376 g/mol. The second-order valence-corrected chi connectivity index (χ2v) is 9.86. The zero-order chi connectivity index (χ0) is 20.1. The van der Waals surface area contributed by atoms with Gasteiger partial charge in [0.25, 0.3) is 0 Å². The quantitative estimate of drug-likeness (QED) is 0.775. The van der Waals surface area contributed by atoms with E-state index in [2.05, 4.69) is 16.5 Å². The molecule has 1 N–H and O–H groups in total. The molecule has 2 aromatic rings. The number of piperidine rings is 3. The first kappa shape index (κ1) is 19.4. The van der Waals surface area contributed by atoms with Crippen LogP contribution in [0.1, 0.15) is 24.5 Å². The molecule has 3 fully saturated rings. The molecule has 6 nitrogen and oxygen atoms in total. The Labute approximate surface area is 165 Å². The van der Waals surface area contributed by atoms with Crippen molar-refractivity contribution < 1.29 is 18.3 Å². The molecule has 0 aliphatic carbocycles. The molecule has 2 unspecified atom stereocenters. The topological polar surface area (TPSA) is 79.7 Å². The molecule has 3 aliphatic heterocycles. The lowest BCUT2D eigenvalue weighted by atomic mass is 9.73. The van der Waals surface area contributed by atoms with E-state index in [-0.39, 0.29) is 11.1 Å². The van der Waals surface area contributed by atoms with Gasteiger partial charge in [-0.3, -0.25) is 4.90 Å². The third kappa shape index (κ3) is 3.32. The minimum absolute atomic E-state index is 0.0147. The maximum atomic E-state index is 12.2. The molecule has 1 aromatic carbocycles. The first-order chi connectivity index (χ1) is 13.3. The van der Waals surface area contributed by atoms with Gasteiger partial charge in [0.15, 0.2) is 14.9 Å². The van der Waals surface area contributed by atoms with Gasteiger partial charge in [-0.2, -0.15) is 0 Å². The normalized spacial score (nSPS) is 28.2. The predicted molar refractivity (Wildman–Crippen MR) is 108 cm³/mol. The largest absolute Gasteiger partial charge is 0.497 e.